The molecular weight excluding hydrogens is 340 g/mol. The molecule has 0 radical (unpaired) electrons. The molecule has 0 fully saturated rings. The van der Waals surface area contributed by atoms with E-state index in [1.165, 1.54) is 0 Å². The van der Waals surface area contributed by atoms with Crippen LogP contribution in [0, 0.1) is 0 Å². The molecule has 0 saturated heterocycles. The molecule has 0 bridgehead atoms. The lowest BCUT2D eigenvalue weighted by atomic mass is 10.1. The number of halogens is 1. The van der Waals surface area contributed by atoms with Gasteiger partial charge in [-0.2, -0.15) is 0 Å². The number of carbonyl (C=O) groups is 1. The smallest absolute Gasteiger partial charge is 0.225 e. The van der Waals surface area contributed by atoms with Gasteiger partial charge in [0, 0.05) is 13.0 Å². The van der Waals surface area contributed by atoms with Crippen LogP contribution in [-0.4, -0.2) is 33.2 Å². The molecule has 2 rings (SSSR count). The highest BCUT2D eigenvalue weighted by Crippen LogP contribution is 2.27. The van der Waals surface area contributed by atoms with Gasteiger partial charge in [0.1, 0.15) is 0 Å². The Hall–Kier alpha value is -2.24. The van der Waals surface area contributed by atoms with Gasteiger partial charge in [0.2, 0.25) is 5.91 Å². The summed E-state index contributed by atoms with van der Waals surface area (Å²) in [6.45, 7) is 1.37. The molecule has 2 N–H and O–H groups in total. The molecule has 0 atom stereocenters. The number of methoxy groups -OCH3 is 2. The van der Waals surface area contributed by atoms with E-state index in [2.05, 4.69) is 10.6 Å². The van der Waals surface area contributed by atoms with E-state index in [0.717, 1.165) is 30.0 Å². The first-order chi connectivity index (χ1) is 12.1. The van der Waals surface area contributed by atoms with Gasteiger partial charge < -0.3 is 20.1 Å². The van der Waals surface area contributed by atoms with E-state index in [1.54, 1.807) is 26.4 Å². The van der Waals surface area contributed by atoms with Gasteiger partial charge in [0.05, 0.1) is 24.9 Å². The molecule has 0 aliphatic rings. The normalized spacial score (nSPS) is 10.4. The van der Waals surface area contributed by atoms with E-state index in [-0.39, 0.29) is 5.91 Å². The number of anilines is 1. The van der Waals surface area contributed by atoms with E-state index in [9.17, 15) is 4.79 Å². The van der Waals surface area contributed by atoms with Crippen molar-refractivity contribution < 1.29 is 14.3 Å². The number of para-hydroxylation sites is 1. The third-order valence-corrected chi connectivity index (χ3v) is 4.04. The summed E-state index contributed by atoms with van der Waals surface area (Å²) >= 11 is 6.02. The summed E-state index contributed by atoms with van der Waals surface area (Å²) in [5.74, 6) is 1.38. The summed E-state index contributed by atoms with van der Waals surface area (Å²) in [7, 11) is 3.24. The number of carbonyl (C=O) groups excluding carboxylic acids is 1. The Morgan fingerprint density at radius 2 is 1.80 bits per heavy atom. The second-order valence-corrected chi connectivity index (χ2v) is 5.87. The highest BCUT2D eigenvalue weighted by molar-refractivity contribution is 6.33. The second kappa shape index (κ2) is 9.91. The topological polar surface area (TPSA) is 59.6 Å². The van der Waals surface area contributed by atoms with Crippen LogP contribution in [0.5, 0.6) is 11.5 Å². The Bertz CT molecular complexity index is 707. The van der Waals surface area contributed by atoms with E-state index >= 15 is 0 Å². The molecule has 5 nitrogen and oxygen atoms in total. The number of nitrogens with one attached hydrogen (secondary N) is 2. The zero-order valence-corrected chi connectivity index (χ0v) is 15.2. The average molecular weight is 363 g/mol. The van der Waals surface area contributed by atoms with Crippen molar-refractivity contribution in [1.29, 1.82) is 0 Å². The van der Waals surface area contributed by atoms with Crippen molar-refractivity contribution in [3.63, 3.8) is 0 Å². The fourth-order valence-corrected chi connectivity index (χ4v) is 2.55. The van der Waals surface area contributed by atoms with Crippen molar-refractivity contribution in [3.05, 3.63) is 53.1 Å². The predicted octanol–water partition coefficient (Wildman–Crippen LogP) is 3.52. The van der Waals surface area contributed by atoms with Gasteiger partial charge in [-0.1, -0.05) is 29.8 Å². The Morgan fingerprint density at radius 1 is 1.04 bits per heavy atom. The fourth-order valence-electron chi connectivity index (χ4n) is 2.37. The molecule has 2 aromatic carbocycles. The van der Waals surface area contributed by atoms with Gasteiger partial charge >= 0.3 is 0 Å². The summed E-state index contributed by atoms with van der Waals surface area (Å²) in [6, 6.07) is 13.1. The minimum Gasteiger partial charge on any atom is -0.493 e. The summed E-state index contributed by atoms with van der Waals surface area (Å²) in [4.78, 5) is 11.9. The number of benzene rings is 2. The third kappa shape index (κ3) is 5.96. The Labute approximate surface area is 153 Å². The first kappa shape index (κ1) is 19.1. The lowest BCUT2D eigenvalue weighted by molar-refractivity contribution is -0.116. The maximum absolute atomic E-state index is 11.9. The zero-order valence-electron chi connectivity index (χ0n) is 14.5. The minimum absolute atomic E-state index is 0.0632. The van der Waals surface area contributed by atoms with Crippen molar-refractivity contribution in [1.82, 2.24) is 5.32 Å². The highest BCUT2D eigenvalue weighted by Gasteiger charge is 2.06. The standard InChI is InChI=1S/C19H23ClN2O3/c1-24-17-8-7-14(13-18(17)25-2)9-11-21-12-10-19(23)22-16-6-4-3-5-15(16)20/h3-8,13,21H,9-12H2,1-2H3,(H,22,23). The van der Waals surface area contributed by atoms with Crippen LogP contribution in [0.15, 0.2) is 42.5 Å². The fraction of sp³-hybridized carbons (Fsp3) is 0.316. The van der Waals surface area contributed by atoms with Gasteiger partial charge in [-0.25, -0.2) is 0 Å². The van der Waals surface area contributed by atoms with Crippen LogP contribution < -0.4 is 20.1 Å². The van der Waals surface area contributed by atoms with Crippen molar-refractivity contribution in [2.45, 2.75) is 12.8 Å². The molecule has 25 heavy (non-hydrogen) atoms. The Balaban J connectivity index is 1.69. The number of rotatable bonds is 9. The quantitative estimate of drug-likeness (QED) is 0.670. The molecule has 0 aliphatic carbocycles. The second-order valence-electron chi connectivity index (χ2n) is 5.47. The maximum Gasteiger partial charge on any atom is 0.225 e. The number of hydrogen-bond acceptors (Lipinski definition) is 4. The minimum atomic E-state index is -0.0632. The highest BCUT2D eigenvalue weighted by atomic mass is 35.5. The van der Waals surface area contributed by atoms with Gasteiger partial charge in [0.25, 0.3) is 0 Å². The summed E-state index contributed by atoms with van der Waals surface area (Å²) < 4.78 is 10.5. The number of hydrogen-bond donors (Lipinski definition) is 2. The van der Waals surface area contributed by atoms with E-state index < -0.39 is 0 Å². The van der Waals surface area contributed by atoms with Gasteiger partial charge in [-0.15, -0.1) is 0 Å². The van der Waals surface area contributed by atoms with E-state index in [4.69, 9.17) is 21.1 Å². The first-order valence-corrected chi connectivity index (χ1v) is 8.48. The van der Waals surface area contributed by atoms with Crippen molar-refractivity contribution in [2.75, 3.05) is 32.6 Å². The van der Waals surface area contributed by atoms with Gasteiger partial charge in [0.15, 0.2) is 11.5 Å². The zero-order chi connectivity index (χ0) is 18.1. The van der Waals surface area contributed by atoms with Crippen LogP contribution in [0.3, 0.4) is 0 Å². The molecule has 0 spiro atoms. The van der Waals surface area contributed by atoms with E-state index in [1.807, 2.05) is 30.3 Å². The number of ether oxygens (including phenoxy) is 2. The Kier molecular flexibility index (Phi) is 7.57. The van der Waals surface area contributed by atoms with Crippen LogP contribution >= 0.6 is 11.6 Å². The third-order valence-electron chi connectivity index (χ3n) is 3.72. The SMILES string of the molecule is COc1ccc(CCNCCC(=O)Nc2ccccc2Cl)cc1OC. The predicted molar refractivity (Wildman–Crippen MR) is 101 cm³/mol. The Morgan fingerprint density at radius 3 is 2.52 bits per heavy atom. The molecule has 6 heteroatoms. The van der Waals surface area contributed by atoms with Crippen LogP contribution in [-0.2, 0) is 11.2 Å². The first-order valence-electron chi connectivity index (χ1n) is 8.10. The molecule has 134 valence electrons. The van der Waals surface area contributed by atoms with Crippen LogP contribution in [0.1, 0.15) is 12.0 Å². The summed E-state index contributed by atoms with van der Waals surface area (Å²) in [6.07, 6.45) is 1.23. The summed E-state index contributed by atoms with van der Waals surface area (Å²) in [5, 5.41) is 6.61. The molecule has 0 aliphatic heterocycles. The molecule has 0 heterocycles. The molecular formula is C19H23ClN2O3. The summed E-state index contributed by atoms with van der Waals surface area (Å²) in [5.41, 5.74) is 1.78. The monoisotopic (exact) mass is 362 g/mol. The number of amides is 1. The maximum atomic E-state index is 11.9. The van der Waals surface area contributed by atoms with E-state index in [0.29, 0.717) is 23.7 Å². The molecule has 0 saturated carbocycles. The molecule has 0 unspecified atom stereocenters. The van der Waals surface area contributed by atoms with Gasteiger partial charge in [-0.05, 0) is 42.8 Å². The average Bonchev–Trinajstić information content (AvgIpc) is 2.63. The van der Waals surface area contributed by atoms with Crippen molar-refractivity contribution in [2.24, 2.45) is 0 Å². The lowest BCUT2D eigenvalue weighted by Gasteiger charge is -2.10. The van der Waals surface area contributed by atoms with Crippen LogP contribution in [0.2, 0.25) is 5.02 Å². The molecule has 0 aromatic heterocycles. The molecule has 2 aromatic rings. The largest absolute Gasteiger partial charge is 0.493 e. The van der Waals surface area contributed by atoms with Crippen LogP contribution in [0.25, 0.3) is 0 Å². The molecule has 1 amide bonds. The van der Waals surface area contributed by atoms with Crippen molar-refractivity contribution >= 4 is 23.2 Å². The lowest BCUT2D eigenvalue weighted by Crippen LogP contribution is -2.23. The van der Waals surface area contributed by atoms with Crippen LogP contribution in [0.4, 0.5) is 5.69 Å². The van der Waals surface area contributed by atoms with Gasteiger partial charge in [-0.3, -0.25) is 4.79 Å². The van der Waals surface area contributed by atoms with Crippen molar-refractivity contribution in [3.8, 4) is 11.5 Å².